The van der Waals surface area contributed by atoms with Crippen molar-refractivity contribution < 1.29 is 4.74 Å². The molecule has 0 heterocycles. The summed E-state index contributed by atoms with van der Waals surface area (Å²) in [5.41, 5.74) is 7.88. The highest BCUT2D eigenvalue weighted by molar-refractivity contribution is 5.77. The summed E-state index contributed by atoms with van der Waals surface area (Å²) in [4.78, 5) is 0. The highest BCUT2D eigenvalue weighted by Gasteiger charge is 2.09. The molecule has 0 spiro atoms. The monoisotopic (exact) mass is 390 g/mol. The van der Waals surface area contributed by atoms with Crippen molar-refractivity contribution in [1.29, 1.82) is 0 Å². The van der Waals surface area contributed by atoms with Gasteiger partial charge in [-0.1, -0.05) is 75.6 Å². The minimum Gasteiger partial charge on any atom is -0.493 e. The molecule has 0 aliphatic carbocycles. The van der Waals surface area contributed by atoms with E-state index in [1.807, 2.05) is 0 Å². The maximum absolute atomic E-state index is 6.07. The van der Waals surface area contributed by atoms with Crippen molar-refractivity contribution in [1.82, 2.24) is 0 Å². The first-order valence-electron chi connectivity index (χ1n) is 11.1. The number of unbranched alkanes of at least 4 members (excludes halogenated alkanes) is 1. The zero-order valence-corrected chi connectivity index (χ0v) is 19.2. The third-order valence-electron chi connectivity index (χ3n) is 6.21. The van der Waals surface area contributed by atoms with E-state index in [4.69, 9.17) is 4.74 Å². The maximum atomic E-state index is 6.07. The number of hydrogen-bond acceptors (Lipinski definition) is 1. The fourth-order valence-corrected chi connectivity index (χ4v) is 3.60. The summed E-state index contributed by atoms with van der Waals surface area (Å²) in [7, 11) is 0. The molecule has 29 heavy (non-hydrogen) atoms. The largest absolute Gasteiger partial charge is 0.493 e. The average molecular weight is 391 g/mol. The van der Waals surface area contributed by atoms with Gasteiger partial charge in [-0.15, -0.1) is 0 Å². The molecule has 156 valence electrons. The van der Waals surface area contributed by atoms with E-state index in [1.54, 1.807) is 0 Å². The van der Waals surface area contributed by atoms with Gasteiger partial charge in [-0.2, -0.15) is 0 Å². The molecule has 0 radical (unpaired) electrons. The molecule has 2 rings (SSSR count). The Morgan fingerprint density at radius 1 is 0.759 bits per heavy atom. The maximum Gasteiger partial charge on any atom is 0.119 e. The lowest BCUT2D eigenvalue weighted by Crippen LogP contribution is -2.11. The number of benzene rings is 2. The van der Waals surface area contributed by atoms with Crippen LogP contribution in [0.3, 0.4) is 0 Å². The summed E-state index contributed by atoms with van der Waals surface area (Å²) in [6.45, 7) is 14.2. The van der Waals surface area contributed by atoms with E-state index in [1.165, 1.54) is 59.1 Å². The Hall–Kier alpha value is -2.28. The third-order valence-corrected chi connectivity index (χ3v) is 6.21. The molecule has 0 amide bonds. The van der Waals surface area contributed by atoms with Gasteiger partial charge >= 0.3 is 0 Å². The van der Waals surface area contributed by atoms with E-state index in [0.29, 0.717) is 5.92 Å². The fourth-order valence-electron chi connectivity index (χ4n) is 3.60. The topological polar surface area (TPSA) is 9.23 Å². The second-order valence-electron chi connectivity index (χ2n) is 8.12. The van der Waals surface area contributed by atoms with E-state index >= 15 is 0 Å². The standard InChI is InChI=1S/C28H38O/c1-7-9-13-25(8-2)20-29-28-18-16-27(17-19-28)24(6)22(4)21(3)23(5)26-14-11-10-12-15-26/h10-12,14-19,25H,7-9,13,20H2,1-6H3/b23-21+,24-22+. The number of ether oxygens (including phenoxy) is 1. The Bertz CT molecular complexity index is 809. The van der Waals surface area contributed by atoms with Gasteiger partial charge in [-0.3, -0.25) is 0 Å². The predicted molar refractivity (Wildman–Crippen MR) is 128 cm³/mol. The molecule has 0 saturated heterocycles. The zero-order chi connectivity index (χ0) is 21.2. The Balaban J connectivity index is 2.11. The third kappa shape index (κ3) is 6.63. The second-order valence-corrected chi connectivity index (χ2v) is 8.12. The molecule has 0 bridgehead atoms. The lowest BCUT2D eigenvalue weighted by atomic mass is 9.92. The van der Waals surface area contributed by atoms with Crippen molar-refractivity contribution in [3.63, 3.8) is 0 Å². The van der Waals surface area contributed by atoms with Gasteiger partial charge in [0.1, 0.15) is 5.75 Å². The molecule has 0 aliphatic rings. The second kappa shape index (κ2) is 11.7. The van der Waals surface area contributed by atoms with E-state index in [0.717, 1.165) is 12.4 Å². The molecule has 1 unspecified atom stereocenters. The van der Waals surface area contributed by atoms with Crippen LogP contribution < -0.4 is 4.74 Å². The van der Waals surface area contributed by atoms with Gasteiger partial charge in [0.2, 0.25) is 0 Å². The summed E-state index contributed by atoms with van der Waals surface area (Å²) in [5.74, 6) is 1.63. The van der Waals surface area contributed by atoms with Crippen LogP contribution in [0.1, 0.15) is 78.4 Å². The van der Waals surface area contributed by atoms with Crippen molar-refractivity contribution in [2.24, 2.45) is 5.92 Å². The molecule has 0 saturated carbocycles. The summed E-state index contributed by atoms with van der Waals surface area (Å²) < 4.78 is 6.07. The van der Waals surface area contributed by atoms with E-state index < -0.39 is 0 Å². The van der Waals surface area contributed by atoms with Crippen molar-refractivity contribution in [2.45, 2.75) is 67.2 Å². The smallest absolute Gasteiger partial charge is 0.119 e. The van der Waals surface area contributed by atoms with Crippen molar-refractivity contribution >= 4 is 11.1 Å². The van der Waals surface area contributed by atoms with Crippen LogP contribution >= 0.6 is 0 Å². The quantitative estimate of drug-likeness (QED) is 0.369. The molecule has 0 fully saturated rings. The van der Waals surface area contributed by atoms with Gasteiger partial charge in [0.25, 0.3) is 0 Å². The first-order valence-corrected chi connectivity index (χ1v) is 11.1. The van der Waals surface area contributed by atoms with Crippen LogP contribution in [0.25, 0.3) is 11.1 Å². The van der Waals surface area contributed by atoms with Crippen molar-refractivity contribution in [3.05, 3.63) is 76.9 Å². The molecule has 1 atom stereocenters. The molecular formula is C28H38O. The van der Waals surface area contributed by atoms with Gasteiger partial charge in [0, 0.05) is 0 Å². The van der Waals surface area contributed by atoms with Crippen LogP contribution in [-0.4, -0.2) is 6.61 Å². The normalized spacial score (nSPS) is 14.1. The minimum absolute atomic E-state index is 0.659. The highest BCUT2D eigenvalue weighted by Crippen LogP contribution is 2.29. The number of allylic oxidation sites excluding steroid dienone is 4. The van der Waals surface area contributed by atoms with Crippen LogP contribution in [0, 0.1) is 5.92 Å². The number of hydrogen-bond donors (Lipinski definition) is 0. The highest BCUT2D eigenvalue weighted by atomic mass is 16.5. The van der Waals surface area contributed by atoms with Crippen LogP contribution in [0.2, 0.25) is 0 Å². The first kappa shape index (κ1) is 23.0. The van der Waals surface area contributed by atoms with Gasteiger partial charge in [0.15, 0.2) is 0 Å². The number of rotatable bonds is 10. The Morgan fingerprint density at radius 3 is 1.83 bits per heavy atom. The van der Waals surface area contributed by atoms with Crippen LogP contribution in [-0.2, 0) is 0 Å². The minimum atomic E-state index is 0.659. The zero-order valence-electron chi connectivity index (χ0n) is 19.2. The molecule has 1 heteroatoms. The lowest BCUT2D eigenvalue weighted by Gasteiger charge is -2.16. The van der Waals surface area contributed by atoms with E-state index in [9.17, 15) is 0 Å². The first-order chi connectivity index (χ1) is 14.0. The predicted octanol–water partition coefficient (Wildman–Crippen LogP) is 8.57. The van der Waals surface area contributed by atoms with Gasteiger partial charge in [-0.25, -0.2) is 0 Å². The molecule has 2 aromatic carbocycles. The molecule has 1 nitrogen and oxygen atoms in total. The van der Waals surface area contributed by atoms with Gasteiger partial charge in [0.05, 0.1) is 6.61 Å². The molecule has 0 aliphatic heterocycles. The summed E-state index contributed by atoms with van der Waals surface area (Å²) >= 11 is 0. The van der Waals surface area contributed by atoms with Crippen molar-refractivity contribution in [2.75, 3.05) is 6.61 Å². The van der Waals surface area contributed by atoms with Gasteiger partial charge < -0.3 is 4.74 Å². The Kier molecular flexibility index (Phi) is 9.25. The van der Waals surface area contributed by atoms with E-state index in [-0.39, 0.29) is 0 Å². The summed E-state index contributed by atoms with van der Waals surface area (Å²) in [5, 5.41) is 0. The van der Waals surface area contributed by atoms with Crippen molar-refractivity contribution in [3.8, 4) is 5.75 Å². The molecule has 2 aromatic rings. The summed E-state index contributed by atoms with van der Waals surface area (Å²) in [6, 6.07) is 19.2. The Labute approximate surface area is 178 Å². The summed E-state index contributed by atoms with van der Waals surface area (Å²) in [6.07, 6.45) is 5.00. The average Bonchev–Trinajstić information content (AvgIpc) is 2.78. The van der Waals surface area contributed by atoms with Crippen LogP contribution in [0.5, 0.6) is 5.75 Å². The molecule has 0 N–H and O–H groups in total. The molecule has 0 aromatic heterocycles. The molecular weight excluding hydrogens is 352 g/mol. The van der Waals surface area contributed by atoms with Crippen LogP contribution in [0.15, 0.2) is 65.7 Å². The van der Waals surface area contributed by atoms with Crippen LogP contribution in [0.4, 0.5) is 0 Å². The fraction of sp³-hybridized carbons (Fsp3) is 0.429. The lowest BCUT2D eigenvalue weighted by molar-refractivity contribution is 0.233. The SMILES string of the molecule is CCCCC(CC)COc1ccc(/C(C)=C(C)/C(C)=C(\C)c2ccccc2)cc1. The van der Waals surface area contributed by atoms with Gasteiger partial charge in [-0.05, 0) is 85.6 Å². The Morgan fingerprint density at radius 2 is 1.31 bits per heavy atom. The van der Waals surface area contributed by atoms with E-state index in [2.05, 4.69) is 96.1 Å².